The third-order valence-electron chi connectivity index (χ3n) is 3.71. The molecule has 1 aromatic carbocycles. The molecule has 1 saturated carbocycles. The number of rotatable bonds is 7. The van der Waals surface area contributed by atoms with Crippen molar-refractivity contribution in [1.82, 2.24) is 5.32 Å². The molecule has 0 saturated heterocycles. The Balaban J connectivity index is 1.85. The quantitative estimate of drug-likeness (QED) is 0.793. The van der Waals surface area contributed by atoms with Gasteiger partial charge in [0.15, 0.2) is 0 Å². The van der Waals surface area contributed by atoms with Gasteiger partial charge in [-0.25, -0.2) is 0 Å². The summed E-state index contributed by atoms with van der Waals surface area (Å²) in [5.41, 5.74) is 1.42. The van der Waals surface area contributed by atoms with Gasteiger partial charge in [-0.3, -0.25) is 0 Å². The third-order valence-corrected chi connectivity index (χ3v) is 3.71. The van der Waals surface area contributed by atoms with E-state index in [1.54, 1.807) is 0 Å². The number of hydrogen-bond acceptors (Lipinski definition) is 2. The fraction of sp³-hybridized carbons (Fsp3) is 0.625. The molecule has 0 bridgehead atoms. The van der Waals surface area contributed by atoms with Crippen LogP contribution in [0.15, 0.2) is 30.3 Å². The second-order valence-electron chi connectivity index (χ2n) is 5.16. The average molecular weight is 247 g/mol. The Kier molecular flexibility index (Phi) is 5.21. The third kappa shape index (κ3) is 3.56. The first-order chi connectivity index (χ1) is 8.83. The summed E-state index contributed by atoms with van der Waals surface area (Å²) < 4.78 is 5.62. The van der Waals surface area contributed by atoms with Crippen molar-refractivity contribution in [3.63, 3.8) is 0 Å². The zero-order valence-corrected chi connectivity index (χ0v) is 11.6. The molecule has 18 heavy (non-hydrogen) atoms. The smallest absolute Gasteiger partial charge is 0.0604 e. The minimum atomic E-state index is 0.491. The molecule has 0 radical (unpaired) electrons. The first-order valence-corrected chi connectivity index (χ1v) is 7.26. The van der Waals surface area contributed by atoms with Gasteiger partial charge >= 0.3 is 0 Å². The molecule has 1 atom stereocenters. The number of ether oxygens (including phenoxy) is 1. The lowest BCUT2D eigenvalue weighted by molar-refractivity contribution is -0.0127. The van der Waals surface area contributed by atoms with Crippen LogP contribution in [0.25, 0.3) is 0 Å². The van der Waals surface area contributed by atoms with Crippen LogP contribution in [-0.2, 0) is 4.74 Å². The zero-order chi connectivity index (χ0) is 12.8. The Labute approximate surface area is 111 Å². The molecule has 2 rings (SSSR count). The Bertz CT molecular complexity index is 332. The Hall–Kier alpha value is -0.860. The van der Waals surface area contributed by atoms with E-state index in [9.17, 15) is 0 Å². The summed E-state index contributed by atoms with van der Waals surface area (Å²) in [7, 11) is 0. The van der Waals surface area contributed by atoms with Gasteiger partial charge in [-0.15, -0.1) is 0 Å². The molecule has 0 spiro atoms. The molecular weight excluding hydrogens is 222 g/mol. The lowest BCUT2D eigenvalue weighted by atomic mass is 9.87. The largest absolute Gasteiger partial charge is 0.378 e. The molecule has 0 aliphatic heterocycles. The summed E-state index contributed by atoms with van der Waals surface area (Å²) in [6.07, 6.45) is 5.25. The maximum Gasteiger partial charge on any atom is 0.0604 e. The molecule has 1 fully saturated rings. The van der Waals surface area contributed by atoms with Gasteiger partial charge < -0.3 is 10.1 Å². The van der Waals surface area contributed by atoms with E-state index in [1.807, 2.05) is 0 Å². The van der Waals surface area contributed by atoms with Gasteiger partial charge in [0.1, 0.15) is 0 Å². The summed E-state index contributed by atoms with van der Waals surface area (Å²) in [5.74, 6) is 0. The van der Waals surface area contributed by atoms with Gasteiger partial charge in [-0.2, -0.15) is 0 Å². The summed E-state index contributed by atoms with van der Waals surface area (Å²) >= 11 is 0. The van der Waals surface area contributed by atoms with Crippen molar-refractivity contribution in [3.05, 3.63) is 35.9 Å². The van der Waals surface area contributed by atoms with Crippen LogP contribution in [-0.4, -0.2) is 18.8 Å². The summed E-state index contributed by atoms with van der Waals surface area (Å²) in [5, 5.41) is 3.78. The lowest BCUT2D eigenvalue weighted by Crippen LogP contribution is -2.46. The predicted molar refractivity (Wildman–Crippen MR) is 75.7 cm³/mol. The van der Waals surface area contributed by atoms with E-state index in [0.717, 1.165) is 6.61 Å². The molecule has 2 heteroatoms. The Morgan fingerprint density at radius 1 is 1.22 bits per heavy atom. The van der Waals surface area contributed by atoms with Crippen LogP contribution in [0.1, 0.15) is 51.1 Å². The van der Waals surface area contributed by atoms with Crippen LogP contribution in [0.5, 0.6) is 0 Å². The van der Waals surface area contributed by atoms with Crippen LogP contribution in [0.2, 0.25) is 0 Å². The molecule has 1 N–H and O–H groups in total. The Morgan fingerprint density at radius 2 is 1.94 bits per heavy atom. The van der Waals surface area contributed by atoms with Crippen LogP contribution in [0.3, 0.4) is 0 Å². The highest BCUT2D eigenvalue weighted by molar-refractivity contribution is 5.19. The molecule has 1 unspecified atom stereocenters. The molecule has 0 heterocycles. The topological polar surface area (TPSA) is 21.3 Å². The first kappa shape index (κ1) is 13.6. The predicted octanol–water partition coefficient (Wildman–Crippen LogP) is 3.68. The Morgan fingerprint density at radius 3 is 2.56 bits per heavy atom. The van der Waals surface area contributed by atoms with Gasteiger partial charge in [0.05, 0.1) is 6.10 Å². The summed E-state index contributed by atoms with van der Waals surface area (Å²) in [4.78, 5) is 0. The highest BCUT2D eigenvalue weighted by Gasteiger charge is 2.30. The van der Waals surface area contributed by atoms with Gasteiger partial charge in [0.2, 0.25) is 0 Å². The molecule has 1 aliphatic rings. The van der Waals surface area contributed by atoms with Crippen molar-refractivity contribution >= 4 is 0 Å². The molecule has 1 aromatic rings. The maximum absolute atomic E-state index is 5.62. The van der Waals surface area contributed by atoms with E-state index in [-0.39, 0.29) is 0 Å². The first-order valence-electron chi connectivity index (χ1n) is 7.26. The van der Waals surface area contributed by atoms with Crippen molar-refractivity contribution in [2.24, 2.45) is 0 Å². The summed E-state index contributed by atoms with van der Waals surface area (Å²) in [6, 6.07) is 11.9. The second-order valence-corrected chi connectivity index (χ2v) is 5.16. The molecule has 1 aliphatic carbocycles. The van der Waals surface area contributed by atoms with Crippen molar-refractivity contribution in [1.29, 1.82) is 0 Å². The van der Waals surface area contributed by atoms with Gasteiger partial charge in [0, 0.05) is 18.7 Å². The van der Waals surface area contributed by atoms with E-state index in [4.69, 9.17) is 4.74 Å². The van der Waals surface area contributed by atoms with Crippen molar-refractivity contribution in [2.75, 3.05) is 6.61 Å². The van der Waals surface area contributed by atoms with E-state index >= 15 is 0 Å². The van der Waals surface area contributed by atoms with Gasteiger partial charge in [-0.05, 0) is 31.7 Å². The van der Waals surface area contributed by atoms with Crippen molar-refractivity contribution in [2.45, 2.75) is 57.7 Å². The van der Waals surface area contributed by atoms with Gasteiger partial charge in [0.25, 0.3) is 0 Å². The summed E-state index contributed by atoms with van der Waals surface area (Å²) in [6.45, 7) is 5.17. The number of hydrogen-bond donors (Lipinski definition) is 1. The molecule has 2 nitrogen and oxygen atoms in total. The number of benzene rings is 1. The fourth-order valence-electron chi connectivity index (χ4n) is 2.68. The lowest BCUT2D eigenvalue weighted by Gasteiger charge is -2.38. The average Bonchev–Trinajstić information content (AvgIpc) is 2.36. The molecular formula is C16H25NO. The normalized spacial score (nSPS) is 24.6. The standard InChI is InChI=1S/C16H25NO/c1-3-8-16(13-9-6-5-7-10-13)17-14-11-15(12-14)18-4-2/h5-7,9-10,14-17H,3-4,8,11-12H2,1-2H3. The van der Waals surface area contributed by atoms with Crippen LogP contribution < -0.4 is 5.32 Å². The monoisotopic (exact) mass is 247 g/mol. The van der Waals surface area contributed by atoms with Crippen LogP contribution in [0, 0.1) is 0 Å². The van der Waals surface area contributed by atoms with E-state index in [0.29, 0.717) is 18.2 Å². The maximum atomic E-state index is 5.62. The fourth-order valence-corrected chi connectivity index (χ4v) is 2.68. The molecule has 0 amide bonds. The van der Waals surface area contributed by atoms with Crippen molar-refractivity contribution < 1.29 is 4.74 Å². The number of nitrogens with one attached hydrogen (secondary N) is 1. The van der Waals surface area contributed by atoms with Crippen LogP contribution >= 0.6 is 0 Å². The second kappa shape index (κ2) is 6.91. The van der Waals surface area contributed by atoms with Gasteiger partial charge in [-0.1, -0.05) is 43.7 Å². The van der Waals surface area contributed by atoms with E-state index in [1.165, 1.54) is 31.2 Å². The molecule has 100 valence electrons. The highest BCUT2D eigenvalue weighted by atomic mass is 16.5. The van der Waals surface area contributed by atoms with E-state index in [2.05, 4.69) is 49.5 Å². The van der Waals surface area contributed by atoms with Crippen molar-refractivity contribution in [3.8, 4) is 0 Å². The molecule has 0 aromatic heterocycles. The minimum Gasteiger partial charge on any atom is -0.378 e. The van der Waals surface area contributed by atoms with E-state index < -0.39 is 0 Å². The zero-order valence-electron chi connectivity index (χ0n) is 11.6. The minimum absolute atomic E-state index is 0.491. The van der Waals surface area contributed by atoms with Crippen LogP contribution in [0.4, 0.5) is 0 Å². The SMILES string of the molecule is CCCC(NC1CC(OCC)C1)c1ccccc1. The highest BCUT2D eigenvalue weighted by Crippen LogP contribution is 2.28.